The van der Waals surface area contributed by atoms with Crippen molar-refractivity contribution in [2.24, 2.45) is 11.5 Å². The molecule has 0 spiro atoms. The van der Waals surface area contributed by atoms with E-state index in [9.17, 15) is 22.4 Å². The monoisotopic (exact) mass is 238 g/mol. The minimum absolute atomic E-state index is 0.899. The number of alkyl halides is 4. The molecule has 4 N–H and O–H groups in total. The van der Waals surface area contributed by atoms with Crippen LogP contribution in [0.25, 0.3) is 0 Å². The van der Waals surface area contributed by atoms with Crippen LogP contribution in [0.5, 0.6) is 0 Å². The van der Waals surface area contributed by atoms with Gasteiger partial charge in [0.15, 0.2) is 0 Å². The third kappa shape index (κ3) is 1.88. The lowest BCUT2D eigenvalue weighted by atomic mass is 9.81. The molecule has 1 aliphatic rings. The molecule has 0 amide bonds. The zero-order valence-electron chi connectivity index (χ0n) is 8.04. The number of hydrogen-bond acceptors (Lipinski definition) is 3. The molecule has 90 valence electrons. The fourth-order valence-corrected chi connectivity index (χ4v) is 1.28. The zero-order valence-corrected chi connectivity index (χ0v) is 8.04. The molecule has 0 aromatic carbocycles. The van der Waals surface area contributed by atoms with Crippen LogP contribution in [0.1, 0.15) is 0 Å². The Balaban J connectivity index is 3.06. The molecule has 1 rings (SSSR count). The van der Waals surface area contributed by atoms with E-state index < -0.39 is 29.7 Å². The highest BCUT2D eigenvalue weighted by molar-refractivity contribution is 5.97. The highest BCUT2D eigenvalue weighted by atomic mass is 19.3. The summed E-state index contributed by atoms with van der Waals surface area (Å²) in [4.78, 5) is 11.3. The maximum Gasteiger partial charge on any atom is 0.366 e. The van der Waals surface area contributed by atoms with Gasteiger partial charge in [-0.2, -0.15) is 8.78 Å². The first kappa shape index (κ1) is 12.9. The second-order valence-corrected chi connectivity index (χ2v) is 3.46. The highest BCUT2D eigenvalue weighted by Crippen LogP contribution is 2.30. The van der Waals surface area contributed by atoms with Gasteiger partial charge >= 0.3 is 12.3 Å². The summed E-state index contributed by atoms with van der Waals surface area (Å²) >= 11 is 0. The summed E-state index contributed by atoms with van der Waals surface area (Å²) in [5.74, 6) is -6.88. The number of carbonyl (C=O) groups excluding carboxylic acids is 1. The summed E-state index contributed by atoms with van der Waals surface area (Å²) < 4.78 is 49.7. The summed E-state index contributed by atoms with van der Waals surface area (Å²) in [6.45, 7) is 0. The standard InChI is InChI=1S/C9H10F4N2O/c10-7(11)9(12,13)6(16)8(15)4-2-1-3-5(8)14/h1-5,7H,14-15H2. The van der Waals surface area contributed by atoms with Gasteiger partial charge in [-0.3, -0.25) is 4.79 Å². The highest BCUT2D eigenvalue weighted by Gasteiger charge is 2.57. The van der Waals surface area contributed by atoms with Crippen molar-refractivity contribution in [3.05, 3.63) is 24.3 Å². The molecule has 16 heavy (non-hydrogen) atoms. The topological polar surface area (TPSA) is 69.1 Å². The van der Waals surface area contributed by atoms with Crippen LogP contribution in [0.2, 0.25) is 0 Å². The molecule has 3 nitrogen and oxygen atoms in total. The molecule has 0 saturated heterocycles. The van der Waals surface area contributed by atoms with Crippen molar-refractivity contribution in [2.75, 3.05) is 0 Å². The van der Waals surface area contributed by atoms with Crippen molar-refractivity contribution in [2.45, 2.75) is 23.9 Å². The van der Waals surface area contributed by atoms with E-state index in [-0.39, 0.29) is 0 Å². The van der Waals surface area contributed by atoms with Gasteiger partial charge in [0.2, 0.25) is 5.78 Å². The molecule has 2 atom stereocenters. The van der Waals surface area contributed by atoms with Gasteiger partial charge in [-0.1, -0.05) is 24.3 Å². The van der Waals surface area contributed by atoms with Crippen LogP contribution in [0.3, 0.4) is 0 Å². The van der Waals surface area contributed by atoms with Gasteiger partial charge in [-0.15, -0.1) is 0 Å². The van der Waals surface area contributed by atoms with Crippen LogP contribution < -0.4 is 11.5 Å². The maximum atomic E-state index is 12.8. The number of hydrogen-bond donors (Lipinski definition) is 2. The number of rotatable bonds is 3. The van der Waals surface area contributed by atoms with E-state index in [4.69, 9.17) is 11.5 Å². The molecule has 1 aliphatic carbocycles. The predicted molar refractivity (Wildman–Crippen MR) is 49.1 cm³/mol. The van der Waals surface area contributed by atoms with E-state index in [2.05, 4.69) is 0 Å². The molecule has 7 heteroatoms. The Morgan fingerprint density at radius 2 is 1.94 bits per heavy atom. The summed E-state index contributed by atoms with van der Waals surface area (Å²) in [5.41, 5.74) is 8.40. The number of carbonyl (C=O) groups is 1. The minimum atomic E-state index is -4.80. The second-order valence-electron chi connectivity index (χ2n) is 3.46. The van der Waals surface area contributed by atoms with Crippen molar-refractivity contribution in [1.29, 1.82) is 0 Å². The smallest absolute Gasteiger partial charge is 0.322 e. The predicted octanol–water partition coefficient (Wildman–Crippen LogP) is 0.607. The number of allylic oxidation sites excluding steroid dienone is 2. The summed E-state index contributed by atoms with van der Waals surface area (Å²) in [6.07, 6.45) is 0.592. The van der Waals surface area contributed by atoms with E-state index in [1.54, 1.807) is 0 Å². The maximum absolute atomic E-state index is 12.8. The Labute approximate surface area is 88.8 Å². The number of Topliss-reactive ketones (excluding diaryl/α,β-unsaturated/α-hetero) is 1. The van der Waals surface area contributed by atoms with E-state index in [0.29, 0.717) is 0 Å². The molecule has 0 bridgehead atoms. The number of ketones is 1. The average Bonchev–Trinajstić information content (AvgIpc) is 2.21. The van der Waals surface area contributed by atoms with Gasteiger partial charge in [-0.25, -0.2) is 8.78 Å². The molecule has 0 aromatic heterocycles. The normalized spacial score (nSPS) is 29.8. The molecular weight excluding hydrogens is 228 g/mol. The van der Waals surface area contributed by atoms with Gasteiger partial charge < -0.3 is 11.5 Å². The molecule has 2 unspecified atom stereocenters. The minimum Gasteiger partial charge on any atom is -0.322 e. The molecule has 0 aliphatic heterocycles. The van der Waals surface area contributed by atoms with Crippen LogP contribution in [0.15, 0.2) is 24.3 Å². The molecular formula is C9H10F4N2O. The number of halogens is 4. The quantitative estimate of drug-likeness (QED) is 0.708. The van der Waals surface area contributed by atoms with E-state index >= 15 is 0 Å². The molecule has 0 saturated carbocycles. The Kier molecular flexibility index (Phi) is 3.20. The van der Waals surface area contributed by atoms with Crippen LogP contribution in [-0.4, -0.2) is 29.7 Å². The lowest BCUT2D eigenvalue weighted by molar-refractivity contribution is -0.171. The third-order valence-corrected chi connectivity index (χ3v) is 2.32. The molecule has 0 fully saturated rings. The third-order valence-electron chi connectivity index (χ3n) is 2.32. The molecule has 0 radical (unpaired) electrons. The van der Waals surface area contributed by atoms with Gasteiger partial charge in [0.25, 0.3) is 0 Å². The van der Waals surface area contributed by atoms with E-state index in [1.165, 1.54) is 18.2 Å². The van der Waals surface area contributed by atoms with Crippen molar-refractivity contribution in [3.8, 4) is 0 Å². The fraction of sp³-hybridized carbons (Fsp3) is 0.444. The Hall–Kier alpha value is -1.21. The second kappa shape index (κ2) is 3.99. The number of nitrogens with two attached hydrogens (primary N) is 2. The van der Waals surface area contributed by atoms with Crippen molar-refractivity contribution in [1.82, 2.24) is 0 Å². The van der Waals surface area contributed by atoms with Crippen LogP contribution >= 0.6 is 0 Å². The average molecular weight is 238 g/mol. The molecule has 0 aromatic rings. The van der Waals surface area contributed by atoms with Gasteiger partial charge in [0.05, 0.1) is 6.04 Å². The van der Waals surface area contributed by atoms with Crippen molar-refractivity contribution >= 4 is 5.78 Å². The Morgan fingerprint density at radius 3 is 2.38 bits per heavy atom. The largest absolute Gasteiger partial charge is 0.366 e. The van der Waals surface area contributed by atoms with Crippen LogP contribution in [0.4, 0.5) is 17.6 Å². The lowest BCUT2D eigenvalue weighted by Gasteiger charge is -2.33. The summed E-state index contributed by atoms with van der Waals surface area (Å²) in [6, 6.07) is -1.25. The van der Waals surface area contributed by atoms with E-state index in [0.717, 1.165) is 6.08 Å². The zero-order chi connectivity index (χ0) is 12.6. The SMILES string of the molecule is NC1C=CC=CC1(N)C(=O)C(F)(F)C(F)F. The van der Waals surface area contributed by atoms with Crippen LogP contribution in [-0.2, 0) is 4.79 Å². The van der Waals surface area contributed by atoms with Gasteiger partial charge in [-0.05, 0) is 0 Å². The summed E-state index contributed by atoms with van der Waals surface area (Å²) in [5, 5.41) is 0. The molecule has 0 heterocycles. The first-order valence-electron chi connectivity index (χ1n) is 4.34. The van der Waals surface area contributed by atoms with E-state index in [1.807, 2.05) is 0 Å². The fourth-order valence-electron chi connectivity index (χ4n) is 1.28. The Bertz CT molecular complexity index is 353. The van der Waals surface area contributed by atoms with Gasteiger partial charge in [0, 0.05) is 0 Å². The van der Waals surface area contributed by atoms with Crippen molar-refractivity contribution < 1.29 is 22.4 Å². The van der Waals surface area contributed by atoms with Crippen molar-refractivity contribution in [3.63, 3.8) is 0 Å². The van der Waals surface area contributed by atoms with Gasteiger partial charge in [0.1, 0.15) is 5.54 Å². The Morgan fingerprint density at radius 1 is 1.38 bits per heavy atom. The first-order valence-corrected chi connectivity index (χ1v) is 4.34. The lowest BCUT2D eigenvalue weighted by Crippen LogP contribution is -2.65. The first-order chi connectivity index (χ1) is 7.23. The van der Waals surface area contributed by atoms with Crippen LogP contribution in [0, 0.1) is 0 Å². The summed E-state index contributed by atoms with van der Waals surface area (Å²) in [7, 11) is 0.